The molecule has 0 spiro atoms. The van der Waals surface area contributed by atoms with E-state index in [1.54, 1.807) is 0 Å². The standard InChI is InChI=1S/C20H26N6O3/c1-2-18(27)25-6-3-7-26(9-8-25)20-23-19(29-24-20)14-4-5-15(11-21)17(10-14)22-16-12-28-13-16/h4-5,10-11,16,21-22H,2-3,6-9,12-13H2,1H3. The van der Waals surface area contributed by atoms with Crippen molar-refractivity contribution >= 4 is 23.8 Å². The molecule has 0 aliphatic carbocycles. The smallest absolute Gasteiger partial charge is 0.266 e. The van der Waals surface area contributed by atoms with Gasteiger partial charge in [0.05, 0.1) is 19.3 Å². The molecule has 1 aromatic heterocycles. The molecule has 2 aliphatic rings. The summed E-state index contributed by atoms with van der Waals surface area (Å²) in [6.45, 7) is 6.12. The van der Waals surface area contributed by atoms with Crippen molar-refractivity contribution in [3.63, 3.8) is 0 Å². The molecule has 2 N–H and O–H groups in total. The molecule has 154 valence electrons. The lowest BCUT2D eigenvalue weighted by atomic mass is 10.1. The number of benzene rings is 1. The van der Waals surface area contributed by atoms with E-state index >= 15 is 0 Å². The van der Waals surface area contributed by atoms with Gasteiger partial charge in [-0.3, -0.25) is 4.79 Å². The molecule has 0 radical (unpaired) electrons. The number of nitrogens with zero attached hydrogens (tertiary/aromatic N) is 4. The van der Waals surface area contributed by atoms with Crippen molar-refractivity contribution < 1.29 is 14.1 Å². The third-order valence-corrected chi connectivity index (χ3v) is 5.30. The fourth-order valence-electron chi connectivity index (χ4n) is 3.53. The van der Waals surface area contributed by atoms with Gasteiger partial charge in [-0.1, -0.05) is 13.0 Å². The SMILES string of the molecule is CCC(=O)N1CCCN(c2noc(-c3ccc(C=N)c(NC4COC4)c3)n2)CC1. The zero-order chi connectivity index (χ0) is 20.2. The van der Waals surface area contributed by atoms with Crippen LogP contribution in [0, 0.1) is 5.41 Å². The van der Waals surface area contributed by atoms with E-state index in [9.17, 15) is 4.79 Å². The normalized spacial score (nSPS) is 17.6. The van der Waals surface area contributed by atoms with Gasteiger partial charge in [0.15, 0.2) is 0 Å². The van der Waals surface area contributed by atoms with E-state index in [4.69, 9.17) is 14.7 Å². The second-order valence-electron chi connectivity index (χ2n) is 7.30. The van der Waals surface area contributed by atoms with Crippen LogP contribution >= 0.6 is 0 Å². The first-order valence-corrected chi connectivity index (χ1v) is 10.0. The number of amides is 1. The molecule has 9 nitrogen and oxygen atoms in total. The zero-order valence-corrected chi connectivity index (χ0v) is 16.6. The first kappa shape index (κ1) is 19.4. The summed E-state index contributed by atoms with van der Waals surface area (Å²) in [6.07, 6.45) is 2.73. The third kappa shape index (κ3) is 4.24. The number of nitrogens with one attached hydrogen (secondary N) is 2. The summed E-state index contributed by atoms with van der Waals surface area (Å²) in [4.78, 5) is 20.5. The van der Waals surface area contributed by atoms with Gasteiger partial charge in [0.2, 0.25) is 5.91 Å². The summed E-state index contributed by atoms with van der Waals surface area (Å²) in [6, 6.07) is 5.94. The Balaban J connectivity index is 1.49. The predicted octanol–water partition coefficient (Wildman–Crippen LogP) is 1.99. The van der Waals surface area contributed by atoms with Crippen LogP contribution in [0.25, 0.3) is 11.5 Å². The Morgan fingerprint density at radius 2 is 2.17 bits per heavy atom. The van der Waals surface area contributed by atoms with E-state index in [1.165, 1.54) is 6.21 Å². The van der Waals surface area contributed by atoms with E-state index in [0.717, 1.165) is 36.3 Å². The molecule has 29 heavy (non-hydrogen) atoms. The Morgan fingerprint density at radius 3 is 2.90 bits per heavy atom. The van der Waals surface area contributed by atoms with Crippen molar-refractivity contribution in [2.24, 2.45) is 0 Å². The Morgan fingerprint density at radius 1 is 1.31 bits per heavy atom. The molecule has 4 rings (SSSR count). The Hall–Kier alpha value is -2.94. The predicted molar refractivity (Wildman–Crippen MR) is 110 cm³/mol. The molecule has 0 bridgehead atoms. The summed E-state index contributed by atoms with van der Waals surface area (Å²) < 4.78 is 10.7. The van der Waals surface area contributed by atoms with E-state index in [0.29, 0.717) is 44.6 Å². The highest BCUT2D eigenvalue weighted by atomic mass is 16.5. The molecule has 0 unspecified atom stereocenters. The second-order valence-corrected chi connectivity index (χ2v) is 7.30. The van der Waals surface area contributed by atoms with Crippen LogP contribution in [0.4, 0.5) is 11.6 Å². The van der Waals surface area contributed by atoms with Crippen molar-refractivity contribution in [2.45, 2.75) is 25.8 Å². The van der Waals surface area contributed by atoms with Gasteiger partial charge in [0.1, 0.15) is 0 Å². The minimum absolute atomic E-state index is 0.184. The maximum Gasteiger partial charge on any atom is 0.266 e. The highest BCUT2D eigenvalue weighted by Crippen LogP contribution is 2.27. The highest BCUT2D eigenvalue weighted by Gasteiger charge is 2.23. The van der Waals surface area contributed by atoms with E-state index < -0.39 is 0 Å². The largest absolute Gasteiger partial charge is 0.377 e. The van der Waals surface area contributed by atoms with Gasteiger partial charge >= 0.3 is 0 Å². The third-order valence-electron chi connectivity index (χ3n) is 5.30. The summed E-state index contributed by atoms with van der Waals surface area (Å²) in [5.41, 5.74) is 2.46. The number of hydrogen-bond donors (Lipinski definition) is 2. The lowest BCUT2D eigenvalue weighted by Crippen LogP contribution is -2.40. The van der Waals surface area contributed by atoms with Crippen molar-refractivity contribution in [1.29, 1.82) is 5.41 Å². The lowest BCUT2D eigenvalue weighted by Gasteiger charge is -2.28. The Labute approximate surface area is 169 Å². The van der Waals surface area contributed by atoms with Crippen LogP contribution in [0.5, 0.6) is 0 Å². The number of aromatic nitrogens is 2. The molecule has 2 fully saturated rings. The summed E-state index contributed by atoms with van der Waals surface area (Å²) in [7, 11) is 0. The number of anilines is 2. The van der Waals surface area contributed by atoms with E-state index in [1.807, 2.05) is 30.0 Å². The van der Waals surface area contributed by atoms with Gasteiger partial charge < -0.3 is 29.8 Å². The number of hydrogen-bond acceptors (Lipinski definition) is 8. The highest BCUT2D eigenvalue weighted by molar-refractivity contribution is 5.87. The molecule has 2 saturated heterocycles. The quantitative estimate of drug-likeness (QED) is 0.717. The van der Waals surface area contributed by atoms with E-state index in [-0.39, 0.29) is 11.9 Å². The average Bonchev–Trinajstić information content (AvgIpc) is 3.08. The molecule has 1 aromatic carbocycles. The van der Waals surface area contributed by atoms with Crippen LogP contribution in [0.2, 0.25) is 0 Å². The van der Waals surface area contributed by atoms with Crippen LogP contribution in [0.1, 0.15) is 25.3 Å². The van der Waals surface area contributed by atoms with Crippen molar-refractivity contribution in [3.05, 3.63) is 23.8 Å². The fourth-order valence-corrected chi connectivity index (χ4v) is 3.53. The zero-order valence-electron chi connectivity index (χ0n) is 16.6. The molecule has 2 aromatic rings. The molecular formula is C20H26N6O3. The molecule has 1 amide bonds. The molecule has 0 atom stereocenters. The maximum absolute atomic E-state index is 12.0. The van der Waals surface area contributed by atoms with Crippen LogP contribution in [-0.4, -0.2) is 72.6 Å². The molecular weight excluding hydrogens is 372 g/mol. The van der Waals surface area contributed by atoms with Crippen LogP contribution in [0.3, 0.4) is 0 Å². The van der Waals surface area contributed by atoms with Gasteiger partial charge in [0, 0.05) is 55.6 Å². The Bertz CT molecular complexity index is 879. The summed E-state index contributed by atoms with van der Waals surface area (Å²) >= 11 is 0. The van der Waals surface area contributed by atoms with Gasteiger partial charge in [-0.15, -0.1) is 0 Å². The monoisotopic (exact) mass is 398 g/mol. The van der Waals surface area contributed by atoms with Gasteiger partial charge in [-0.25, -0.2) is 0 Å². The Kier molecular flexibility index (Phi) is 5.75. The van der Waals surface area contributed by atoms with Crippen LogP contribution < -0.4 is 10.2 Å². The van der Waals surface area contributed by atoms with Crippen molar-refractivity contribution in [1.82, 2.24) is 15.0 Å². The molecule has 2 aliphatic heterocycles. The van der Waals surface area contributed by atoms with E-state index in [2.05, 4.69) is 20.4 Å². The number of rotatable bonds is 6. The topological polar surface area (TPSA) is 108 Å². The van der Waals surface area contributed by atoms with Crippen LogP contribution in [-0.2, 0) is 9.53 Å². The fraction of sp³-hybridized carbons (Fsp3) is 0.500. The first-order chi connectivity index (χ1) is 14.2. The number of carbonyl (C=O) groups is 1. The number of carbonyl (C=O) groups excluding carboxylic acids is 1. The van der Waals surface area contributed by atoms with Gasteiger partial charge in [-0.2, -0.15) is 4.98 Å². The lowest BCUT2D eigenvalue weighted by molar-refractivity contribution is -0.130. The minimum Gasteiger partial charge on any atom is -0.377 e. The van der Waals surface area contributed by atoms with Gasteiger partial charge in [-0.05, 0) is 23.7 Å². The van der Waals surface area contributed by atoms with Crippen molar-refractivity contribution in [3.8, 4) is 11.5 Å². The van der Waals surface area contributed by atoms with Crippen molar-refractivity contribution in [2.75, 3.05) is 49.6 Å². The maximum atomic E-state index is 12.0. The average molecular weight is 398 g/mol. The molecule has 3 heterocycles. The first-order valence-electron chi connectivity index (χ1n) is 10.0. The molecule has 0 saturated carbocycles. The number of ether oxygens (including phenoxy) is 1. The van der Waals surface area contributed by atoms with Crippen LogP contribution in [0.15, 0.2) is 22.7 Å². The minimum atomic E-state index is 0.184. The summed E-state index contributed by atoms with van der Waals surface area (Å²) in [5.74, 6) is 1.17. The summed E-state index contributed by atoms with van der Waals surface area (Å²) in [5, 5.41) is 15.2. The molecule has 9 heteroatoms. The second kappa shape index (κ2) is 8.60. The van der Waals surface area contributed by atoms with Gasteiger partial charge in [0.25, 0.3) is 11.8 Å².